The lowest BCUT2D eigenvalue weighted by Crippen LogP contribution is -2.48. The van der Waals surface area contributed by atoms with Gasteiger partial charge in [-0.1, -0.05) is 31.9 Å². The molecule has 0 bridgehead atoms. The number of phenols is 1. The first kappa shape index (κ1) is 15.8. The third kappa shape index (κ3) is 4.46. The van der Waals surface area contributed by atoms with Gasteiger partial charge in [0.15, 0.2) is 0 Å². The maximum atomic E-state index is 12.4. The van der Waals surface area contributed by atoms with E-state index in [1.165, 1.54) is 12.8 Å². The van der Waals surface area contributed by atoms with E-state index in [-0.39, 0.29) is 11.7 Å². The first-order valence-corrected chi connectivity index (χ1v) is 7.92. The summed E-state index contributed by atoms with van der Waals surface area (Å²) in [4.78, 5) is 14.3. The van der Waals surface area contributed by atoms with E-state index >= 15 is 0 Å². The van der Waals surface area contributed by atoms with Gasteiger partial charge in [0, 0.05) is 13.1 Å². The van der Waals surface area contributed by atoms with Crippen molar-refractivity contribution in [1.82, 2.24) is 4.90 Å². The number of aromatic hydroxyl groups is 1. The lowest BCUT2D eigenvalue weighted by Gasteiger charge is -2.33. The molecule has 4 nitrogen and oxygen atoms in total. The molecular weight excluding hydrogens is 264 g/mol. The molecule has 0 unspecified atom stereocenters. The van der Waals surface area contributed by atoms with Crippen LogP contribution in [0.2, 0.25) is 0 Å². The fraction of sp³-hybridized carbons (Fsp3) is 0.588. The molecule has 1 atom stereocenters. The zero-order chi connectivity index (χ0) is 15.2. The molecule has 4 heteroatoms. The summed E-state index contributed by atoms with van der Waals surface area (Å²) in [7, 11) is 0. The number of nitrogens with zero attached hydrogens (tertiary/aromatic N) is 1. The predicted molar refractivity (Wildman–Crippen MR) is 84.0 cm³/mol. The van der Waals surface area contributed by atoms with Gasteiger partial charge in [-0.3, -0.25) is 4.79 Å². The minimum atomic E-state index is -0.489. The number of nitrogens with two attached hydrogens (primary N) is 1. The van der Waals surface area contributed by atoms with Crippen molar-refractivity contribution < 1.29 is 9.90 Å². The number of phenolic OH excluding ortho intramolecular Hbond substituents is 1. The van der Waals surface area contributed by atoms with Crippen LogP contribution in [0.15, 0.2) is 24.3 Å². The highest BCUT2D eigenvalue weighted by atomic mass is 16.3. The van der Waals surface area contributed by atoms with Gasteiger partial charge in [-0.05, 0) is 42.9 Å². The fourth-order valence-corrected chi connectivity index (χ4v) is 3.06. The van der Waals surface area contributed by atoms with Crippen LogP contribution in [0, 0.1) is 5.92 Å². The summed E-state index contributed by atoms with van der Waals surface area (Å²) < 4.78 is 0. The molecule has 0 radical (unpaired) electrons. The average molecular weight is 290 g/mol. The van der Waals surface area contributed by atoms with Gasteiger partial charge in [-0.25, -0.2) is 0 Å². The van der Waals surface area contributed by atoms with E-state index < -0.39 is 6.04 Å². The van der Waals surface area contributed by atoms with Crippen molar-refractivity contribution in [2.24, 2.45) is 11.7 Å². The second-order valence-electron chi connectivity index (χ2n) is 6.03. The first-order chi connectivity index (χ1) is 10.1. The first-order valence-electron chi connectivity index (χ1n) is 7.92. The smallest absolute Gasteiger partial charge is 0.239 e. The molecular formula is C17H26N2O2. The van der Waals surface area contributed by atoms with Crippen molar-refractivity contribution in [3.8, 4) is 5.75 Å². The van der Waals surface area contributed by atoms with Crippen molar-refractivity contribution in [3.63, 3.8) is 0 Å². The topological polar surface area (TPSA) is 66.6 Å². The number of rotatable bonds is 5. The Morgan fingerprint density at radius 1 is 1.33 bits per heavy atom. The van der Waals surface area contributed by atoms with E-state index in [0.717, 1.165) is 37.4 Å². The second kappa shape index (κ2) is 7.46. The molecule has 1 amide bonds. The Bertz CT molecular complexity index is 450. The SMILES string of the molecule is CCCC1CCN(C(=O)[C@H](N)Cc2ccc(O)cc2)CC1. The van der Waals surface area contributed by atoms with Crippen LogP contribution >= 0.6 is 0 Å². The summed E-state index contributed by atoms with van der Waals surface area (Å²) in [5.74, 6) is 1.06. The Labute approximate surface area is 126 Å². The number of amides is 1. The minimum absolute atomic E-state index is 0.0537. The number of carbonyl (C=O) groups is 1. The van der Waals surface area contributed by atoms with E-state index in [4.69, 9.17) is 5.73 Å². The third-order valence-electron chi connectivity index (χ3n) is 4.33. The van der Waals surface area contributed by atoms with Crippen LogP contribution in [-0.2, 0) is 11.2 Å². The Kier molecular flexibility index (Phi) is 5.62. The molecule has 116 valence electrons. The summed E-state index contributed by atoms with van der Waals surface area (Å²) in [6, 6.07) is 6.40. The van der Waals surface area contributed by atoms with Crippen molar-refractivity contribution in [2.75, 3.05) is 13.1 Å². The predicted octanol–water partition coefficient (Wildman–Crippen LogP) is 2.30. The van der Waals surface area contributed by atoms with Crippen molar-refractivity contribution in [1.29, 1.82) is 0 Å². The molecule has 1 heterocycles. The quantitative estimate of drug-likeness (QED) is 0.874. The minimum Gasteiger partial charge on any atom is -0.508 e. The van der Waals surface area contributed by atoms with Gasteiger partial charge >= 0.3 is 0 Å². The summed E-state index contributed by atoms with van der Waals surface area (Å²) in [5.41, 5.74) is 7.04. The number of carbonyl (C=O) groups excluding carboxylic acids is 1. The normalized spacial score (nSPS) is 17.7. The molecule has 2 rings (SSSR count). The summed E-state index contributed by atoms with van der Waals surface area (Å²) in [6.07, 6.45) is 5.21. The van der Waals surface area contributed by atoms with Crippen LogP contribution in [-0.4, -0.2) is 35.0 Å². The van der Waals surface area contributed by atoms with Crippen LogP contribution in [0.5, 0.6) is 5.75 Å². The Balaban J connectivity index is 1.84. The van der Waals surface area contributed by atoms with Crippen molar-refractivity contribution in [2.45, 2.75) is 45.1 Å². The molecule has 0 saturated carbocycles. The number of hydrogen-bond donors (Lipinski definition) is 2. The summed E-state index contributed by atoms with van der Waals surface area (Å²) >= 11 is 0. The molecule has 0 aliphatic carbocycles. The highest BCUT2D eigenvalue weighted by molar-refractivity contribution is 5.82. The molecule has 3 N–H and O–H groups in total. The van der Waals surface area contributed by atoms with Crippen LogP contribution in [0.1, 0.15) is 38.2 Å². The fourth-order valence-electron chi connectivity index (χ4n) is 3.06. The standard InChI is InChI=1S/C17H26N2O2/c1-2-3-13-8-10-19(11-9-13)17(21)16(18)12-14-4-6-15(20)7-5-14/h4-7,13,16,20H,2-3,8-12,18H2,1H3/t16-/m1/s1. The molecule has 1 saturated heterocycles. The Morgan fingerprint density at radius 2 is 1.95 bits per heavy atom. The number of hydrogen-bond acceptors (Lipinski definition) is 3. The van der Waals surface area contributed by atoms with E-state index in [0.29, 0.717) is 6.42 Å². The van der Waals surface area contributed by atoms with Crippen LogP contribution in [0.25, 0.3) is 0 Å². The molecule has 1 aliphatic rings. The lowest BCUT2D eigenvalue weighted by molar-refractivity contribution is -0.134. The van der Waals surface area contributed by atoms with Gasteiger partial charge < -0.3 is 15.7 Å². The lowest BCUT2D eigenvalue weighted by atomic mass is 9.92. The largest absolute Gasteiger partial charge is 0.508 e. The van der Waals surface area contributed by atoms with Gasteiger partial charge in [0.25, 0.3) is 0 Å². The van der Waals surface area contributed by atoms with Gasteiger partial charge in [-0.15, -0.1) is 0 Å². The number of piperidine rings is 1. The maximum Gasteiger partial charge on any atom is 0.239 e. The van der Waals surface area contributed by atoms with Gasteiger partial charge in [0.1, 0.15) is 5.75 Å². The maximum absolute atomic E-state index is 12.4. The Morgan fingerprint density at radius 3 is 2.52 bits per heavy atom. The van der Waals surface area contributed by atoms with E-state index in [2.05, 4.69) is 6.92 Å². The second-order valence-corrected chi connectivity index (χ2v) is 6.03. The van der Waals surface area contributed by atoms with Crippen molar-refractivity contribution in [3.05, 3.63) is 29.8 Å². The molecule has 0 aromatic heterocycles. The molecule has 0 spiro atoms. The zero-order valence-corrected chi connectivity index (χ0v) is 12.8. The molecule has 1 aliphatic heterocycles. The van der Waals surface area contributed by atoms with Crippen LogP contribution in [0.3, 0.4) is 0 Å². The Hall–Kier alpha value is -1.55. The molecule has 1 aromatic carbocycles. The number of benzene rings is 1. The molecule has 1 fully saturated rings. The molecule has 1 aromatic rings. The molecule has 21 heavy (non-hydrogen) atoms. The monoisotopic (exact) mass is 290 g/mol. The third-order valence-corrected chi connectivity index (χ3v) is 4.33. The van der Waals surface area contributed by atoms with Crippen molar-refractivity contribution >= 4 is 5.91 Å². The summed E-state index contributed by atoms with van der Waals surface area (Å²) in [6.45, 7) is 3.89. The van der Waals surface area contributed by atoms with Gasteiger partial charge in [0.2, 0.25) is 5.91 Å². The van der Waals surface area contributed by atoms with Crippen LogP contribution in [0.4, 0.5) is 0 Å². The van der Waals surface area contributed by atoms with Crippen LogP contribution < -0.4 is 5.73 Å². The van der Waals surface area contributed by atoms with E-state index in [1.54, 1.807) is 12.1 Å². The van der Waals surface area contributed by atoms with Gasteiger partial charge in [0.05, 0.1) is 6.04 Å². The van der Waals surface area contributed by atoms with E-state index in [1.807, 2.05) is 17.0 Å². The average Bonchev–Trinajstić information content (AvgIpc) is 2.50. The highest BCUT2D eigenvalue weighted by Gasteiger charge is 2.25. The summed E-state index contributed by atoms with van der Waals surface area (Å²) in [5, 5.41) is 9.27. The number of likely N-dealkylation sites (tertiary alicyclic amines) is 1. The zero-order valence-electron chi connectivity index (χ0n) is 12.8. The van der Waals surface area contributed by atoms with E-state index in [9.17, 15) is 9.90 Å². The van der Waals surface area contributed by atoms with Gasteiger partial charge in [-0.2, -0.15) is 0 Å². The highest BCUT2D eigenvalue weighted by Crippen LogP contribution is 2.22.